The van der Waals surface area contributed by atoms with Crippen LogP contribution < -0.4 is 5.32 Å². The summed E-state index contributed by atoms with van der Waals surface area (Å²) in [6.45, 7) is 6.70. The van der Waals surface area contributed by atoms with Gasteiger partial charge in [-0.25, -0.2) is 0 Å². The van der Waals surface area contributed by atoms with Gasteiger partial charge >= 0.3 is 11.9 Å². The maximum Gasteiger partial charge on any atom is 0.313 e. The maximum atomic E-state index is 13.1. The summed E-state index contributed by atoms with van der Waals surface area (Å²) in [6, 6.07) is 10.3. The topological polar surface area (TPSA) is 64.6 Å². The second kappa shape index (κ2) is 11.2. The molecule has 2 atom stereocenters. The molecule has 1 aromatic carbocycles. The van der Waals surface area contributed by atoms with Gasteiger partial charge in [-0.15, -0.1) is 0 Å². The minimum absolute atomic E-state index is 0.0191. The third-order valence-electron chi connectivity index (χ3n) is 5.51. The predicted octanol–water partition coefficient (Wildman–Crippen LogP) is 4.04. The molecule has 0 aromatic heterocycles. The third kappa shape index (κ3) is 6.33. The fourth-order valence-electron chi connectivity index (χ4n) is 4.11. The summed E-state index contributed by atoms with van der Waals surface area (Å²) in [5.41, 5.74) is 0.610. The van der Waals surface area contributed by atoms with Crippen LogP contribution in [0.5, 0.6) is 0 Å². The van der Waals surface area contributed by atoms with Crippen molar-refractivity contribution in [3.8, 4) is 0 Å². The van der Waals surface area contributed by atoms with Crippen LogP contribution in [0.1, 0.15) is 64.9 Å². The molecule has 0 radical (unpaired) electrons. The van der Waals surface area contributed by atoms with Crippen molar-refractivity contribution in [1.82, 2.24) is 5.32 Å². The number of benzene rings is 1. The zero-order valence-corrected chi connectivity index (χ0v) is 17.5. The van der Waals surface area contributed by atoms with Gasteiger partial charge < -0.3 is 14.8 Å². The monoisotopic (exact) mass is 389 g/mol. The molecule has 0 amide bonds. The average molecular weight is 390 g/mol. The van der Waals surface area contributed by atoms with E-state index >= 15 is 0 Å². The Morgan fingerprint density at radius 3 is 2.64 bits per heavy atom. The summed E-state index contributed by atoms with van der Waals surface area (Å²) >= 11 is 0. The molecule has 1 aliphatic rings. The summed E-state index contributed by atoms with van der Waals surface area (Å²) < 4.78 is 10.8. The molecule has 2 rings (SSSR count). The highest BCUT2D eigenvalue weighted by molar-refractivity contribution is 5.79. The number of nitrogens with one attached hydrogen (secondary N) is 1. The third-order valence-corrected chi connectivity index (χ3v) is 5.51. The van der Waals surface area contributed by atoms with Crippen molar-refractivity contribution in [1.29, 1.82) is 0 Å². The summed E-state index contributed by atoms with van der Waals surface area (Å²) in [7, 11) is 0. The van der Waals surface area contributed by atoms with E-state index in [9.17, 15) is 9.59 Å². The Kier molecular flexibility index (Phi) is 8.97. The first-order chi connectivity index (χ1) is 13.5. The first-order valence-corrected chi connectivity index (χ1v) is 10.6. The molecule has 1 saturated carbocycles. The van der Waals surface area contributed by atoms with Gasteiger partial charge in [0.05, 0.1) is 18.1 Å². The van der Waals surface area contributed by atoms with Crippen LogP contribution >= 0.6 is 0 Å². The van der Waals surface area contributed by atoms with Crippen molar-refractivity contribution >= 4 is 11.9 Å². The molecule has 0 spiro atoms. The Morgan fingerprint density at radius 2 is 1.96 bits per heavy atom. The number of ether oxygens (including phenoxy) is 2. The largest absolute Gasteiger partial charge is 0.466 e. The fraction of sp³-hybridized carbons (Fsp3) is 0.652. The van der Waals surface area contributed by atoms with Crippen molar-refractivity contribution < 1.29 is 19.1 Å². The van der Waals surface area contributed by atoms with Crippen LogP contribution in [0.2, 0.25) is 0 Å². The molecule has 1 N–H and O–H groups in total. The lowest BCUT2D eigenvalue weighted by molar-refractivity contribution is -0.165. The van der Waals surface area contributed by atoms with E-state index in [4.69, 9.17) is 9.47 Å². The molecular formula is C23H35NO4. The molecular weight excluding hydrogens is 354 g/mol. The SMILES string of the molecule is CCOC(=O)CC[C@@]1(C(=O)OC(C)C)CCCC[C@H]1NCCc1ccccc1. The Morgan fingerprint density at radius 1 is 1.21 bits per heavy atom. The highest BCUT2D eigenvalue weighted by Gasteiger charge is 2.48. The van der Waals surface area contributed by atoms with E-state index in [1.165, 1.54) is 5.56 Å². The molecule has 156 valence electrons. The predicted molar refractivity (Wildman–Crippen MR) is 110 cm³/mol. The van der Waals surface area contributed by atoms with E-state index in [1.807, 2.05) is 32.0 Å². The van der Waals surface area contributed by atoms with Crippen LogP contribution in [0.3, 0.4) is 0 Å². The first-order valence-electron chi connectivity index (χ1n) is 10.6. The van der Waals surface area contributed by atoms with E-state index in [-0.39, 0.29) is 30.5 Å². The van der Waals surface area contributed by atoms with E-state index in [0.717, 1.165) is 38.6 Å². The molecule has 0 bridgehead atoms. The Balaban J connectivity index is 2.09. The molecule has 1 aliphatic carbocycles. The van der Waals surface area contributed by atoms with Crippen LogP contribution in [0.25, 0.3) is 0 Å². The van der Waals surface area contributed by atoms with Gasteiger partial charge in [0.2, 0.25) is 0 Å². The average Bonchev–Trinajstić information content (AvgIpc) is 2.68. The molecule has 28 heavy (non-hydrogen) atoms. The standard InChI is InChI=1S/C23H35NO4/c1-4-27-21(25)13-16-23(22(26)28-18(2)3)15-9-8-12-20(23)24-17-14-19-10-6-5-7-11-19/h5-7,10-11,18,20,24H,4,8-9,12-17H2,1-3H3/t20-,23+/m1/s1. The van der Waals surface area contributed by atoms with Crippen molar-refractivity contribution in [2.45, 2.75) is 77.9 Å². The van der Waals surface area contributed by atoms with Gasteiger partial charge in [-0.2, -0.15) is 0 Å². The van der Waals surface area contributed by atoms with Gasteiger partial charge in [0.1, 0.15) is 0 Å². The Bertz CT molecular complexity index is 616. The smallest absolute Gasteiger partial charge is 0.313 e. The summed E-state index contributed by atoms with van der Waals surface area (Å²) in [5, 5.41) is 3.62. The molecule has 1 aromatic rings. The molecule has 0 heterocycles. The summed E-state index contributed by atoms with van der Waals surface area (Å²) in [4.78, 5) is 25.1. The van der Waals surface area contributed by atoms with Gasteiger partial charge in [-0.1, -0.05) is 43.2 Å². The lowest BCUT2D eigenvalue weighted by atomic mass is 9.67. The van der Waals surface area contributed by atoms with Gasteiger partial charge in [-0.05, 0) is 58.6 Å². The van der Waals surface area contributed by atoms with Crippen LogP contribution in [0, 0.1) is 5.41 Å². The number of carbonyl (C=O) groups is 2. The van der Waals surface area contributed by atoms with Gasteiger partial charge in [0.25, 0.3) is 0 Å². The number of rotatable bonds is 10. The normalized spacial score (nSPS) is 22.1. The highest BCUT2D eigenvalue weighted by Crippen LogP contribution is 2.42. The Labute approximate surface area is 169 Å². The van der Waals surface area contributed by atoms with Crippen LogP contribution in [0.4, 0.5) is 0 Å². The molecule has 0 unspecified atom stereocenters. The number of carbonyl (C=O) groups excluding carboxylic acids is 2. The lowest BCUT2D eigenvalue weighted by Crippen LogP contribution is -2.53. The van der Waals surface area contributed by atoms with E-state index in [1.54, 1.807) is 6.92 Å². The molecule has 1 fully saturated rings. The molecule has 0 saturated heterocycles. The maximum absolute atomic E-state index is 13.1. The van der Waals surface area contributed by atoms with Gasteiger partial charge in [0, 0.05) is 12.5 Å². The van der Waals surface area contributed by atoms with Gasteiger partial charge in [-0.3, -0.25) is 9.59 Å². The lowest BCUT2D eigenvalue weighted by Gasteiger charge is -2.43. The van der Waals surface area contributed by atoms with Gasteiger partial charge in [0.15, 0.2) is 0 Å². The number of hydrogen-bond acceptors (Lipinski definition) is 5. The van der Waals surface area contributed by atoms with E-state index in [0.29, 0.717) is 13.0 Å². The zero-order valence-electron chi connectivity index (χ0n) is 17.5. The second-order valence-electron chi connectivity index (χ2n) is 7.90. The molecule has 5 nitrogen and oxygen atoms in total. The molecule has 0 aliphatic heterocycles. The highest BCUT2D eigenvalue weighted by atomic mass is 16.5. The van der Waals surface area contributed by atoms with Crippen LogP contribution in [-0.2, 0) is 25.5 Å². The Hall–Kier alpha value is -1.88. The van der Waals surface area contributed by atoms with Crippen LogP contribution in [-0.4, -0.2) is 37.2 Å². The zero-order chi connectivity index (χ0) is 20.4. The number of esters is 2. The minimum Gasteiger partial charge on any atom is -0.466 e. The second-order valence-corrected chi connectivity index (χ2v) is 7.90. The van der Waals surface area contributed by atoms with Crippen molar-refractivity contribution in [3.05, 3.63) is 35.9 Å². The minimum atomic E-state index is -0.661. The summed E-state index contributed by atoms with van der Waals surface area (Å²) in [6.07, 6.45) is 5.19. The van der Waals surface area contributed by atoms with Crippen molar-refractivity contribution in [2.75, 3.05) is 13.2 Å². The fourth-order valence-corrected chi connectivity index (χ4v) is 4.11. The quantitative estimate of drug-likeness (QED) is 0.612. The van der Waals surface area contributed by atoms with Crippen LogP contribution in [0.15, 0.2) is 30.3 Å². The summed E-state index contributed by atoms with van der Waals surface area (Å²) in [5.74, 6) is -0.420. The first kappa shape index (κ1) is 22.4. The van der Waals surface area contributed by atoms with E-state index in [2.05, 4.69) is 17.4 Å². The number of hydrogen-bond donors (Lipinski definition) is 1. The van der Waals surface area contributed by atoms with E-state index < -0.39 is 5.41 Å². The van der Waals surface area contributed by atoms with Crippen molar-refractivity contribution in [3.63, 3.8) is 0 Å². The molecule has 5 heteroatoms. The van der Waals surface area contributed by atoms with Crippen molar-refractivity contribution in [2.24, 2.45) is 5.41 Å².